The molecule has 1 rings (SSSR count). The average Bonchev–Trinajstić information content (AvgIpc) is 2.52. The number of likely N-dealkylation sites (N-methyl/N-ethyl adjacent to an activating group) is 1. The van der Waals surface area contributed by atoms with Crippen LogP contribution in [0.25, 0.3) is 0 Å². The number of rotatable bonds is 9. The Morgan fingerprint density at radius 3 is 2.52 bits per heavy atom. The first-order chi connectivity index (χ1) is 10.9. The Kier molecular flexibility index (Phi) is 8.11. The zero-order valence-corrected chi connectivity index (χ0v) is 14.1. The monoisotopic (exact) mass is 321 g/mol. The maximum Gasteiger partial charge on any atom is 0.234 e. The van der Waals surface area contributed by atoms with Gasteiger partial charge in [-0.1, -0.05) is 13.8 Å². The number of benzene rings is 1. The van der Waals surface area contributed by atoms with E-state index in [0.29, 0.717) is 31.7 Å². The molecule has 1 atom stereocenters. The Hall–Kier alpha value is -2.08. The lowest BCUT2D eigenvalue weighted by molar-refractivity contribution is -0.121. The zero-order valence-electron chi connectivity index (χ0n) is 14.1. The van der Waals surface area contributed by atoms with Crippen LogP contribution in [0.5, 0.6) is 5.75 Å². The molecule has 0 bridgehead atoms. The Bertz CT molecular complexity index is 502. The predicted molar refractivity (Wildman–Crippen MR) is 91.3 cm³/mol. The van der Waals surface area contributed by atoms with E-state index in [-0.39, 0.29) is 23.5 Å². The summed E-state index contributed by atoms with van der Waals surface area (Å²) in [6.07, 6.45) is 1.59. The summed E-state index contributed by atoms with van der Waals surface area (Å²) in [7, 11) is 1.87. The van der Waals surface area contributed by atoms with Crippen LogP contribution in [0, 0.1) is 5.92 Å². The molecule has 0 radical (unpaired) electrons. The molecule has 2 amide bonds. The third-order valence-electron chi connectivity index (χ3n) is 3.51. The van der Waals surface area contributed by atoms with Crippen LogP contribution in [-0.2, 0) is 9.59 Å². The fourth-order valence-electron chi connectivity index (χ4n) is 2.00. The number of phenolic OH excluding ortho intramolecular Hbond substituents is 1. The first-order valence-corrected chi connectivity index (χ1v) is 7.97. The lowest BCUT2D eigenvalue weighted by atomic mass is 10.1. The van der Waals surface area contributed by atoms with Crippen molar-refractivity contribution >= 4 is 17.5 Å². The number of carbonyl (C=O) groups is 2. The van der Waals surface area contributed by atoms with Crippen LogP contribution in [0.4, 0.5) is 5.69 Å². The van der Waals surface area contributed by atoms with Crippen molar-refractivity contribution in [3.63, 3.8) is 0 Å². The topological polar surface area (TPSA) is 81.7 Å². The standard InChI is InChI=1S/C17H27N3O3/c1-4-10-18-16(22)12-20(3)11-9-13(2)17(23)19-14-5-7-15(21)8-6-14/h5-8,13,21H,4,9-12H2,1-3H3,(H,18,22)(H,19,23). The van der Waals surface area contributed by atoms with Gasteiger partial charge in [0.2, 0.25) is 11.8 Å². The van der Waals surface area contributed by atoms with E-state index in [1.165, 1.54) is 12.1 Å². The Morgan fingerprint density at radius 2 is 1.91 bits per heavy atom. The molecule has 1 unspecified atom stereocenters. The van der Waals surface area contributed by atoms with E-state index in [1.54, 1.807) is 12.1 Å². The van der Waals surface area contributed by atoms with Crippen molar-refractivity contribution in [3.05, 3.63) is 24.3 Å². The minimum atomic E-state index is -0.162. The molecule has 0 saturated heterocycles. The van der Waals surface area contributed by atoms with Crippen molar-refractivity contribution in [2.45, 2.75) is 26.7 Å². The summed E-state index contributed by atoms with van der Waals surface area (Å²) < 4.78 is 0. The molecule has 3 N–H and O–H groups in total. The van der Waals surface area contributed by atoms with Gasteiger partial charge < -0.3 is 15.7 Å². The van der Waals surface area contributed by atoms with Gasteiger partial charge in [-0.2, -0.15) is 0 Å². The Labute approximate surface area is 137 Å². The van der Waals surface area contributed by atoms with E-state index in [1.807, 2.05) is 25.8 Å². The second-order valence-electron chi connectivity index (χ2n) is 5.81. The van der Waals surface area contributed by atoms with Gasteiger partial charge in [0.15, 0.2) is 0 Å². The molecule has 0 aliphatic heterocycles. The van der Waals surface area contributed by atoms with Crippen molar-refractivity contribution in [2.24, 2.45) is 5.92 Å². The third kappa shape index (κ3) is 7.65. The van der Waals surface area contributed by atoms with E-state index < -0.39 is 0 Å². The summed E-state index contributed by atoms with van der Waals surface area (Å²) in [5.41, 5.74) is 0.659. The quantitative estimate of drug-likeness (QED) is 0.606. The molecule has 1 aromatic carbocycles. The van der Waals surface area contributed by atoms with Crippen LogP contribution in [0.1, 0.15) is 26.7 Å². The highest BCUT2D eigenvalue weighted by atomic mass is 16.3. The highest BCUT2D eigenvalue weighted by Crippen LogP contribution is 2.15. The highest BCUT2D eigenvalue weighted by Gasteiger charge is 2.15. The van der Waals surface area contributed by atoms with Gasteiger partial charge in [-0.05, 0) is 50.7 Å². The molecule has 6 nitrogen and oxygen atoms in total. The van der Waals surface area contributed by atoms with E-state index in [2.05, 4.69) is 10.6 Å². The van der Waals surface area contributed by atoms with Crippen molar-refractivity contribution in [2.75, 3.05) is 32.0 Å². The van der Waals surface area contributed by atoms with Crippen molar-refractivity contribution in [1.82, 2.24) is 10.2 Å². The van der Waals surface area contributed by atoms with Crippen LogP contribution >= 0.6 is 0 Å². The summed E-state index contributed by atoms with van der Waals surface area (Å²) in [6, 6.07) is 6.38. The highest BCUT2D eigenvalue weighted by molar-refractivity contribution is 5.92. The molecular formula is C17H27N3O3. The predicted octanol–water partition coefficient (Wildman–Crippen LogP) is 1.81. The maximum atomic E-state index is 12.1. The fourth-order valence-corrected chi connectivity index (χ4v) is 2.00. The zero-order chi connectivity index (χ0) is 17.2. The van der Waals surface area contributed by atoms with Gasteiger partial charge in [0.1, 0.15) is 5.75 Å². The van der Waals surface area contributed by atoms with E-state index >= 15 is 0 Å². The van der Waals surface area contributed by atoms with Gasteiger partial charge in [0.25, 0.3) is 0 Å². The SMILES string of the molecule is CCCNC(=O)CN(C)CCC(C)C(=O)Nc1ccc(O)cc1. The van der Waals surface area contributed by atoms with E-state index in [9.17, 15) is 14.7 Å². The van der Waals surface area contributed by atoms with E-state index in [0.717, 1.165) is 6.42 Å². The van der Waals surface area contributed by atoms with Gasteiger partial charge in [-0.3, -0.25) is 14.5 Å². The fraction of sp³-hybridized carbons (Fsp3) is 0.529. The molecule has 128 valence electrons. The van der Waals surface area contributed by atoms with Crippen LogP contribution in [-0.4, -0.2) is 48.5 Å². The summed E-state index contributed by atoms with van der Waals surface area (Å²) in [5.74, 6) is -0.0564. The van der Waals surface area contributed by atoms with Crippen LogP contribution in [0.15, 0.2) is 24.3 Å². The molecule has 0 fully saturated rings. The number of aromatic hydroxyl groups is 1. The lowest BCUT2D eigenvalue weighted by Crippen LogP contribution is -2.36. The van der Waals surface area contributed by atoms with Crippen LogP contribution in [0.3, 0.4) is 0 Å². The molecule has 6 heteroatoms. The molecule has 1 aromatic rings. The summed E-state index contributed by atoms with van der Waals surface area (Å²) >= 11 is 0. The van der Waals surface area contributed by atoms with Gasteiger partial charge in [-0.15, -0.1) is 0 Å². The second-order valence-corrected chi connectivity index (χ2v) is 5.81. The molecule has 0 aliphatic rings. The molecule has 0 aliphatic carbocycles. The summed E-state index contributed by atoms with van der Waals surface area (Å²) in [5, 5.41) is 14.9. The molecule has 0 spiro atoms. The summed E-state index contributed by atoms with van der Waals surface area (Å²) in [4.78, 5) is 25.6. The molecule has 0 heterocycles. The smallest absolute Gasteiger partial charge is 0.234 e. The number of phenols is 1. The van der Waals surface area contributed by atoms with Crippen molar-refractivity contribution < 1.29 is 14.7 Å². The van der Waals surface area contributed by atoms with Crippen LogP contribution < -0.4 is 10.6 Å². The molecule has 0 aromatic heterocycles. The summed E-state index contributed by atoms with van der Waals surface area (Å²) in [6.45, 7) is 5.58. The van der Waals surface area contributed by atoms with Gasteiger partial charge >= 0.3 is 0 Å². The second kappa shape index (κ2) is 9.84. The Balaban J connectivity index is 2.31. The number of hydrogen-bond donors (Lipinski definition) is 3. The molecular weight excluding hydrogens is 294 g/mol. The maximum absolute atomic E-state index is 12.1. The van der Waals surface area contributed by atoms with Gasteiger partial charge in [-0.25, -0.2) is 0 Å². The molecule has 23 heavy (non-hydrogen) atoms. The number of hydrogen-bond acceptors (Lipinski definition) is 4. The average molecular weight is 321 g/mol. The first-order valence-electron chi connectivity index (χ1n) is 7.97. The molecule has 0 saturated carbocycles. The van der Waals surface area contributed by atoms with E-state index in [4.69, 9.17) is 0 Å². The normalized spacial score (nSPS) is 12.0. The number of amides is 2. The van der Waals surface area contributed by atoms with Gasteiger partial charge in [0.05, 0.1) is 6.54 Å². The number of nitrogens with zero attached hydrogens (tertiary/aromatic N) is 1. The number of anilines is 1. The van der Waals surface area contributed by atoms with Gasteiger partial charge in [0, 0.05) is 18.2 Å². The van der Waals surface area contributed by atoms with Crippen LogP contribution in [0.2, 0.25) is 0 Å². The minimum Gasteiger partial charge on any atom is -0.508 e. The number of nitrogens with one attached hydrogen (secondary N) is 2. The first kappa shape index (κ1) is 19.0. The third-order valence-corrected chi connectivity index (χ3v) is 3.51. The van der Waals surface area contributed by atoms with Crippen molar-refractivity contribution in [1.29, 1.82) is 0 Å². The number of carbonyl (C=O) groups excluding carboxylic acids is 2. The minimum absolute atomic E-state index is 0.00977. The Morgan fingerprint density at radius 1 is 1.26 bits per heavy atom. The largest absolute Gasteiger partial charge is 0.508 e. The lowest BCUT2D eigenvalue weighted by Gasteiger charge is -2.18. The van der Waals surface area contributed by atoms with Crippen molar-refractivity contribution in [3.8, 4) is 5.75 Å².